The molecule has 2 N–H and O–H groups in total. The molecule has 1 aromatic carbocycles. The first kappa shape index (κ1) is 35.6. The number of carboxylic acid groups (broad SMARTS) is 1. The van der Waals surface area contributed by atoms with Crippen LogP contribution in [-0.2, 0) is 4.74 Å². The minimum atomic E-state index is -4.45. The maximum absolute atomic E-state index is 13.0. The molecule has 11 heteroatoms. The third kappa shape index (κ3) is 11.2. The Morgan fingerprint density at radius 1 is 1.13 bits per heavy atom. The Balaban J connectivity index is 0.000000821. The molecule has 3 aliphatic rings. The van der Waals surface area contributed by atoms with Gasteiger partial charge in [0, 0.05) is 56.0 Å². The summed E-state index contributed by atoms with van der Waals surface area (Å²) in [7, 11) is 0. The topological polar surface area (TPSA) is 94.5 Å². The second-order valence-corrected chi connectivity index (χ2v) is 11.7. The van der Waals surface area contributed by atoms with E-state index in [0.717, 1.165) is 31.3 Å². The molecule has 2 saturated heterocycles. The van der Waals surface area contributed by atoms with Gasteiger partial charge in [-0.3, -0.25) is 15.2 Å². The number of alkyl halides is 3. The van der Waals surface area contributed by atoms with Crippen LogP contribution in [0.2, 0.25) is 0 Å². The Hall–Kier alpha value is -3.86. The largest absolute Gasteiger partial charge is 0.478 e. The van der Waals surface area contributed by atoms with Crippen LogP contribution in [0, 0.1) is 5.92 Å². The van der Waals surface area contributed by atoms with Crippen molar-refractivity contribution in [2.45, 2.75) is 77.0 Å². The van der Waals surface area contributed by atoms with Crippen molar-refractivity contribution in [2.24, 2.45) is 11.0 Å². The van der Waals surface area contributed by atoms with Crippen LogP contribution < -0.4 is 10.3 Å². The zero-order chi connectivity index (χ0) is 32.9. The number of anilines is 1. The van der Waals surface area contributed by atoms with Gasteiger partial charge in [0.1, 0.15) is 5.60 Å². The van der Waals surface area contributed by atoms with Crippen molar-refractivity contribution in [3.8, 4) is 0 Å². The highest BCUT2D eigenvalue weighted by atomic mass is 19.4. The molecule has 1 spiro atoms. The van der Waals surface area contributed by atoms with Crippen molar-refractivity contribution >= 4 is 23.5 Å². The Labute approximate surface area is 264 Å². The number of rotatable bonds is 10. The quantitative estimate of drug-likeness (QED) is 0.155. The van der Waals surface area contributed by atoms with E-state index in [0.29, 0.717) is 37.3 Å². The van der Waals surface area contributed by atoms with Crippen LogP contribution in [0.15, 0.2) is 78.1 Å². The van der Waals surface area contributed by atoms with Gasteiger partial charge in [-0.15, -0.1) is 0 Å². The lowest BCUT2D eigenvalue weighted by Gasteiger charge is -2.36. The molecular formula is C34H45F3N4O4. The van der Waals surface area contributed by atoms with Crippen LogP contribution in [0.25, 0.3) is 0 Å². The Morgan fingerprint density at radius 3 is 2.27 bits per heavy atom. The van der Waals surface area contributed by atoms with E-state index in [1.165, 1.54) is 56.7 Å². The zero-order valence-electron chi connectivity index (χ0n) is 26.2. The van der Waals surface area contributed by atoms with E-state index in [2.05, 4.69) is 22.0 Å². The maximum atomic E-state index is 13.0. The predicted octanol–water partition coefficient (Wildman–Crippen LogP) is 7.86. The van der Waals surface area contributed by atoms with E-state index in [4.69, 9.17) is 9.84 Å². The number of benzene rings is 1. The van der Waals surface area contributed by atoms with Gasteiger partial charge in [-0.1, -0.05) is 82.4 Å². The number of hydrogen-bond donors (Lipinski definition) is 2. The van der Waals surface area contributed by atoms with E-state index in [9.17, 15) is 22.8 Å². The number of halogens is 3. The highest BCUT2D eigenvalue weighted by molar-refractivity contribution is 5.92. The molecule has 1 amide bonds. The highest BCUT2D eigenvalue weighted by Gasteiger charge is 2.47. The smallest absolute Gasteiger partial charge is 0.416 e. The monoisotopic (exact) mass is 630 g/mol. The molecule has 4 rings (SSSR count). The van der Waals surface area contributed by atoms with Gasteiger partial charge in [-0.25, -0.2) is 9.59 Å². The number of nitrogens with zero attached hydrogens (tertiary/aromatic N) is 3. The van der Waals surface area contributed by atoms with Crippen LogP contribution in [0.4, 0.5) is 23.7 Å². The molecule has 246 valence electrons. The summed E-state index contributed by atoms with van der Waals surface area (Å²) in [6.07, 6.45) is 13.6. The molecule has 1 unspecified atom stereocenters. The van der Waals surface area contributed by atoms with Gasteiger partial charge in [0.2, 0.25) is 0 Å². The number of hydrogen-bond acceptors (Lipinski definition) is 6. The molecule has 2 heterocycles. The minimum Gasteiger partial charge on any atom is -0.478 e. The first-order valence-corrected chi connectivity index (χ1v) is 15.5. The molecule has 0 radical (unpaired) electrons. The van der Waals surface area contributed by atoms with E-state index in [-0.39, 0.29) is 11.5 Å². The van der Waals surface area contributed by atoms with E-state index in [1.54, 1.807) is 37.1 Å². The van der Waals surface area contributed by atoms with Gasteiger partial charge in [0.15, 0.2) is 0 Å². The van der Waals surface area contributed by atoms with Gasteiger partial charge in [-0.2, -0.15) is 18.3 Å². The zero-order valence-corrected chi connectivity index (χ0v) is 26.2. The normalized spacial score (nSPS) is 20.2. The fraction of sp³-hybridized carbons (Fsp3) is 0.500. The number of carbonyl (C=O) groups excluding carboxylic acids is 1. The first-order chi connectivity index (χ1) is 21.4. The van der Waals surface area contributed by atoms with Gasteiger partial charge in [0.05, 0.1) is 17.7 Å². The third-order valence-corrected chi connectivity index (χ3v) is 8.31. The summed E-state index contributed by atoms with van der Waals surface area (Å²) in [5.41, 5.74) is 2.86. The molecule has 1 aliphatic carbocycles. The van der Waals surface area contributed by atoms with Crippen LogP contribution in [0.5, 0.6) is 0 Å². The van der Waals surface area contributed by atoms with Crippen molar-refractivity contribution < 1.29 is 32.6 Å². The third-order valence-electron chi connectivity index (χ3n) is 8.31. The van der Waals surface area contributed by atoms with Crippen LogP contribution in [-0.4, -0.2) is 65.7 Å². The molecule has 3 fully saturated rings. The average Bonchev–Trinajstić information content (AvgIpc) is 3.35. The minimum absolute atomic E-state index is 0.153. The van der Waals surface area contributed by atoms with Gasteiger partial charge in [-0.05, 0) is 31.2 Å². The van der Waals surface area contributed by atoms with Gasteiger partial charge < -0.3 is 9.84 Å². The number of amides is 1. The number of carboxylic acids is 1. The summed E-state index contributed by atoms with van der Waals surface area (Å²) in [6, 6.07) is 6.15. The lowest BCUT2D eigenvalue weighted by molar-refractivity contribution is -0.0882. The van der Waals surface area contributed by atoms with Crippen molar-refractivity contribution in [3.05, 3.63) is 78.6 Å². The van der Waals surface area contributed by atoms with Crippen LogP contribution in [0.3, 0.4) is 0 Å². The number of hydrazone groups is 1. The van der Waals surface area contributed by atoms with E-state index < -0.39 is 29.4 Å². The van der Waals surface area contributed by atoms with Crippen molar-refractivity contribution in [1.29, 1.82) is 0 Å². The molecule has 0 bridgehead atoms. The van der Waals surface area contributed by atoms with Crippen molar-refractivity contribution in [3.63, 3.8) is 0 Å². The Kier molecular flexibility index (Phi) is 13.5. The molecule has 2 aliphatic heterocycles. The SMILES string of the molecule is C1CCCCC1.C=C/C=C(\C=C/C(C)/C(C)=N/N/C=C/CN1CCC2(CC1)CN(c1ccc(C(=O)O)cc1)C(=O)O2)C(F)(F)F. The first-order valence-electron chi connectivity index (χ1n) is 15.5. The molecule has 0 aromatic heterocycles. The van der Waals surface area contributed by atoms with Crippen LogP contribution in [0.1, 0.15) is 75.6 Å². The summed E-state index contributed by atoms with van der Waals surface area (Å²) in [5, 5.41) is 13.3. The number of allylic oxidation sites excluding steroid dienone is 5. The number of aromatic carboxylic acids is 1. The van der Waals surface area contributed by atoms with E-state index >= 15 is 0 Å². The lowest BCUT2D eigenvalue weighted by Crippen LogP contribution is -2.46. The number of nitrogens with one attached hydrogen (secondary N) is 1. The summed E-state index contributed by atoms with van der Waals surface area (Å²) < 4.78 is 44.6. The molecular weight excluding hydrogens is 585 g/mol. The van der Waals surface area contributed by atoms with E-state index in [1.807, 2.05) is 6.08 Å². The van der Waals surface area contributed by atoms with Crippen molar-refractivity contribution in [1.82, 2.24) is 10.3 Å². The molecule has 1 atom stereocenters. The maximum Gasteiger partial charge on any atom is 0.416 e. The second-order valence-electron chi connectivity index (χ2n) is 11.7. The fourth-order valence-electron chi connectivity index (χ4n) is 5.32. The standard InChI is InChI=1S/C28H33F3N4O4.C6H12/c1-4-6-23(28(29,30)31)10-7-20(2)21(3)33-32-15-5-16-34-17-13-27(14-18-34)19-35(26(38)39-27)24-11-8-22(9-12-24)25(36)37;1-2-4-6-5-3-1/h4-12,15,20,32H,1,13-14,16-19H2,2-3H3,(H,36,37);1-6H2/b10-7-,15-5+,23-6+,33-21+;. The molecule has 1 saturated carbocycles. The second kappa shape index (κ2) is 17.0. The summed E-state index contributed by atoms with van der Waals surface area (Å²) in [4.78, 5) is 27.3. The lowest BCUT2D eigenvalue weighted by atomic mass is 9.91. The molecule has 1 aromatic rings. The van der Waals surface area contributed by atoms with Gasteiger partial charge >= 0.3 is 18.2 Å². The molecule has 8 nitrogen and oxygen atoms in total. The summed E-state index contributed by atoms with van der Waals surface area (Å²) in [6.45, 7) is 9.34. The summed E-state index contributed by atoms with van der Waals surface area (Å²) in [5.74, 6) is -1.33. The number of carbonyl (C=O) groups is 2. The number of ether oxygens (including phenoxy) is 1. The number of likely N-dealkylation sites (tertiary alicyclic amines) is 1. The average molecular weight is 631 g/mol. The Bertz CT molecular complexity index is 1250. The molecule has 45 heavy (non-hydrogen) atoms. The Morgan fingerprint density at radius 2 is 1.73 bits per heavy atom. The number of piperidine rings is 1. The fourth-order valence-corrected chi connectivity index (χ4v) is 5.32. The van der Waals surface area contributed by atoms with Crippen LogP contribution >= 0.6 is 0 Å². The predicted molar refractivity (Wildman–Crippen MR) is 171 cm³/mol. The summed E-state index contributed by atoms with van der Waals surface area (Å²) >= 11 is 0. The highest BCUT2D eigenvalue weighted by Crippen LogP contribution is 2.35. The van der Waals surface area contributed by atoms with Gasteiger partial charge in [0.25, 0.3) is 0 Å². The van der Waals surface area contributed by atoms with Crippen molar-refractivity contribution in [2.75, 3.05) is 31.1 Å².